The highest BCUT2D eigenvalue weighted by Crippen LogP contribution is 2.31. The number of aromatic nitrogens is 3. The van der Waals surface area contributed by atoms with Gasteiger partial charge in [0.25, 0.3) is 5.56 Å². The summed E-state index contributed by atoms with van der Waals surface area (Å²) in [5, 5.41) is 9.21. The first-order valence-electron chi connectivity index (χ1n) is 6.53. The third kappa shape index (κ3) is 2.80. The third-order valence-electron chi connectivity index (χ3n) is 3.71. The monoisotopic (exact) mass is 252 g/mol. The lowest BCUT2D eigenvalue weighted by molar-refractivity contribution is 0.253. The first-order chi connectivity index (χ1) is 8.58. The number of hydrogen-bond acceptors (Lipinski definition) is 4. The number of H-pyrrole nitrogens is 2. The second-order valence-electron chi connectivity index (χ2n) is 5.30. The Balaban J connectivity index is 2.16. The van der Waals surface area contributed by atoms with Gasteiger partial charge in [-0.25, -0.2) is 9.89 Å². The summed E-state index contributed by atoms with van der Waals surface area (Å²) in [4.78, 5) is 24.7. The molecule has 0 bridgehead atoms. The average molecular weight is 252 g/mol. The van der Waals surface area contributed by atoms with Gasteiger partial charge in [-0.2, -0.15) is 0 Å². The van der Waals surface area contributed by atoms with Gasteiger partial charge in [0.1, 0.15) is 0 Å². The van der Waals surface area contributed by atoms with E-state index in [-0.39, 0.29) is 11.9 Å². The Morgan fingerprint density at radius 2 is 2.00 bits per heavy atom. The standard InChI is InChI=1S/C12H20N4O2/c1-7(2)8-5-3-4-6-9(8)13-10-11(17)14-12(18)16-15-10/h7-9H,3-6H2,1-2H3,(H,13,15)(H2,14,16,17,18). The summed E-state index contributed by atoms with van der Waals surface area (Å²) in [6.45, 7) is 4.41. The topological polar surface area (TPSA) is 90.6 Å². The zero-order chi connectivity index (χ0) is 13.1. The van der Waals surface area contributed by atoms with Crippen LogP contribution in [0, 0.1) is 11.8 Å². The van der Waals surface area contributed by atoms with Crippen molar-refractivity contribution in [2.45, 2.75) is 45.6 Å². The van der Waals surface area contributed by atoms with Gasteiger partial charge in [-0.15, -0.1) is 5.10 Å². The number of rotatable bonds is 3. The van der Waals surface area contributed by atoms with Crippen molar-refractivity contribution in [1.29, 1.82) is 0 Å². The second kappa shape index (κ2) is 5.37. The highest BCUT2D eigenvalue weighted by atomic mass is 16.2. The van der Waals surface area contributed by atoms with Crippen LogP contribution in [0.25, 0.3) is 0 Å². The van der Waals surface area contributed by atoms with Gasteiger partial charge in [0.15, 0.2) is 0 Å². The molecule has 0 saturated heterocycles. The maximum Gasteiger partial charge on any atom is 0.342 e. The van der Waals surface area contributed by atoms with Crippen molar-refractivity contribution >= 4 is 5.82 Å². The molecule has 6 nitrogen and oxygen atoms in total. The maximum atomic E-state index is 11.6. The van der Waals surface area contributed by atoms with Gasteiger partial charge in [0, 0.05) is 6.04 Å². The fourth-order valence-electron chi connectivity index (χ4n) is 2.76. The van der Waals surface area contributed by atoms with Crippen LogP contribution >= 0.6 is 0 Å². The molecule has 6 heteroatoms. The lowest BCUT2D eigenvalue weighted by atomic mass is 9.78. The fourth-order valence-corrected chi connectivity index (χ4v) is 2.76. The molecule has 2 rings (SSSR count). The minimum atomic E-state index is -0.574. The van der Waals surface area contributed by atoms with E-state index in [4.69, 9.17) is 0 Å². The Hall–Kier alpha value is -1.59. The Labute approximate surface area is 105 Å². The molecular weight excluding hydrogens is 232 g/mol. The summed E-state index contributed by atoms with van der Waals surface area (Å²) in [6.07, 6.45) is 4.64. The van der Waals surface area contributed by atoms with Gasteiger partial charge in [-0.3, -0.25) is 9.78 Å². The van der Waals surface area contributed by atoms with Crippen molar-refractivity contribution in [1.82, 2.24) is 15.2 Å². The Kier molecular flexibility index (Phi) is 3.84. The van der Waals surface area contributed by atoms with E-state index in [9.17, 15) is 9.59 Å². The number of anilines is 1. The molecule has 0 spiro atoms. The van der Waals surface area contributed by atoms with Gasteiger partial charge >= 0.3 is 5.69 Å². The minimum absolute atomic E-state index is 0.215. The molecule has 0 amide bonds. The maximum absolute atomic E-state index is 11.6. The van der Waals surface area contributed by atoms with E-state index < -0.39 is 11.2 Å². The lowest BCUT2D eigenvalue weighted by Gasteiger charge is -2.34. The summed E-state index contributed by atoms with van der Waals surface area (Å²) < 4.78 is 0. The summed E-state index contributed by atoms with van der Waals surface area (Å²) >= 11 is 0. The van der Waals surface area contributed by atoms with Crippen LogP contribution < -0.4 is 16.6 Å². The average Bonchev–Trinajstić information content (AvgIpc) is 2.33. The Morgan fingerprint density at radius 1 is 1.28 bits per heavy atom. The number of nitrogens with zero attached hydrogens (tertiary/aromatic N) is 1. The lowest BCUT2D eigenvalue weighted by Crippen LogP contribution is -2.38. The molecule has 0 aromatic carbocycles. The molecule has 3 N–H and O–H groups in total. The first-order valence-corrected chi connectivity index (χ1v) is 6.53. The summed E-state index contributed by atoms with van der Waals surface area (Å²) in [5.74, 6) is 1.34. The summed E-state index contributed by atoms with van der Waals surface area (Å²) in [6, 6.07) is 0.262. The van der Waals surface area contributed by atoms with Gasteiger partial charge < -0.3 is 5.32 Å². The van der Waals surface area contributed by atoms with Crippen LogP contribution in [0.3, 0.4) is 0 Å². The number of nitrogens with one attached hydrogen (secondary N) is 3. The van der Waals surface area contributed by atoms with Crippen LogP contribution in [-0.2, 0) is 0 Å². The van der Waals surface area contributed by atoms with Crippen molar-refractivity contribution in [2.75, 3.05) is 5.32 Å². The number of aromatic amines is 2. The van der Waals surface area contributed by atoms with E-state index in [0.29, 0.717) is 11.8 Å². The third-order valence-corrected chi connectivity index (χ3v) is 3.71. The van der Waals surface area contributed by atoms with E-state index in [2.05, 4.69) is 34.3 Å². The minimum Gasteiger partial charge on any atom is -0.361 e. The molecule has 0 aliphatic heterocycles. The Bertz CT molecular complexity index is 505. The van der Waals surface area contributed by atoms with Crippen molar-refractivity contribution in [3.05, 3.63) is 20.8 Å². The smallest absolute Gasteiger partial charge is 0.342 e. The molecule has 1 aliphatic carbocycles. The zero-order valence-electron chi connectivity index (χ0n) is 10.8. The predicted octanol–water partition coefficient (Wildman–Crippen LogP) is 1.08. The molecule has 18 heavy (non-hydrogen) atoms. The zero-order valence-corrected chi connectivity index (χ0v) is 10.8. The van der Waals surface area contributed by atoms with E-state index in [1.165, 1.54) is 19.3 Å². The highest BCUT2D eigenvalue weighted by molar-refractivity contribution is 5.30. The van der Waals surface area contributed by atoms with Crippen molar-refractivity contribution in [3.8, 4) is 0 Å². The van der Waals surface area contributed by atoms with E-state index in [1.807, 2.05) is 0 Å². The quantitative estimate of drug-likeness (QED) is 0.751. The van der Waals surface area contributed by atoms with Crippen LogP contribution in [0.15, 0.2) is 9.59 Å². The molecule has 2 unspecified atom stereocenters. The molecule has 1 aromatic heterocycles. The summed E-state index contributed by atoms with van der Waals surface area (Å²) in [7, 11) is 0. The fraction of sp³-hybridized carbons (Fsp3) is 0.750. The molecule has 1 aromatic rings. The Morgan fingerprint density at radius 3 is 2.67 bits per heavy atom. The second-order valence-corrected chi connectivity index (χ2v) is 5.30. The van der Waals surface area contributed by atoms with Crippen LogP contribution in [-0.4, -0.2) is 21.2 Å². The molecule has 2 atom stereocenters. The molecular formula is C12H20N4O2. The van der Waals surface area contributed by atoms with Gasteiger partial charge in [-0.1, -0.05) is 26.7 Å². The van der Waals surface area contributed by atoms with Crippen LogP contribution in [0.4, 0.5) is 5.82 Å². The van der Waals surface area contributed by atoms with E-state index in [1.54, 1.807) is 0 Å². The molecule has 1 heterocycles. The van der Waals surface area contributed by atoms with Gasteiger partial charge in [0.05, 0.1) is 0 Å². The van der Waals surface area contributed by atoms with E-state index >= 15 is 0 Å². The van der Waals surface area contributed by atoms with Crippen molar-refractivity contribution in [3.63, 3.8) is 0 Å². The van der Waals surface area contributed by atoms with Gasteiger partial charge in [-0.05, 0) is 24.7 Å². The molecule has 100 valence electrons. The van der Waals surface area contributed by atoms with E-state index in [0.717, 1.165) is 6.42 Å². The molecule has 1 saturated carbocycles. The largest absolute Gasteiger partial charge is 0.361 e. The van der Waals surface area contributed by atoms with Crippen molar-refractivity contribution < 1.29 is 0 Å². The predicted molar refractivity (Wildman–Crippen MR) is 69.7 cm³/mol. The first kappa shape index (κ1) is 12.9. The number of hydrogen-bond donors (Lipinski definition) is 3. The SMILES string of the molecule is CC(C)C1CCCCC1Nc1n[nH]c(=O)[nH]c1=O. The highest BCUT2D eigenvalue weighted by Gasteiger charge is 2.28. The normalized spacial score (nSPS) is 24.2. The molecule has 0 radical (unpaired) electrons. The van der Waals surface area contributed by atoms with Crippen LogP contribution in [0.5, 0.6) is 0 Å². The van der Waals surface area contributed by atoms with Gasteiger partial charge in [0.2, 0.25) is 5.82 Å². The van der Waals surface area contributed by atoms with Crippen molar-refractivity contribution in [2.24, 2.45) is 11.8 Å². The van der Waals surface area contributed by atoms with Crippen LogP contribution in [0.2, 0.25) is 0 Å². The summed E-state index contributed by atoms with van der Waals surface area (Å²) in [5.41, 5.74) is -1.03. The molecule has 1 fully saturated rings. The molecule has 1 aliphatic rings. The van der Waals surface area contributed by atoms with Crippen LogP contribution in [0.1, 0.15) is 39.5 Å².